The van der Waals surface area contributed by atoms with E-state index in [1.54, 1.807) is 5.57 Å². The maximum absolute atomic E-state index is 6.18. The van der Waals surface area contributed by atoms with Crippen LogP contribution in [0.25, 0.3) is 0 Å². The maximum atomic E-state index is 6.18. The minimum absolute atomic E-state index is 0.318. The third-order valence-electron chi connectivity index (χ3n) is 3.00. The van der Waals surface area contributed by atoms with Gasteiger partial charge >= 0.3 is 0 Å². The summed E-state index contributed by atoms with van der Waals surface area (Å²) in [6, 6.07) is 0. The zero-order valence-corrected chi connectivity index (χ0v) is 10.2. The lowest BCUT2D eigenvalue weighted by Crippen LogP contribution is -1.91. The highest BCUT2D eigenvalue weighted by atomic mass is 35.5. The SMILES string of the molecule is CCCCCCC1=CC(Cl)CCCC1. The van der Waals surface area contributed by atoms with Gasteiger partial charge in [-0.15, -0.1) is 11.6 Å². The first-order valence-electron chi connectivity index (χ1n) is 6.16. The van der Waals surface area contributed by atoms with E-state index in [2.05, 4.69) is 13.0 Å². The van der Waals surface area contributed by atoms with E-state index in [4.69, 9.17) is 11.6 Å². The van der Waals surface area contributed by atoms with E-state index >= 15 is 0 Å². The Morgan fingerprint density at radius 1 is 1.29 bits per heavy atom. The zero-order valence-electron chi connectivity index (χ0n) is 9.40. The van der Waals surface area contributed by atoms with Crippen LogP contribution in [0.5, 0.6) is 0 Å². The molecule has 82 valence electrons. The second kappa shape index (κ2) is 7.34. The summed E-state index contributed by atoms with van der Waals surface area (Å²) in [5.41, 5.74) is 1.62. The van der Waals surface area contributed by atoms with Gasteiger partial charge in [-0.25, -0.2) is 0 Å². The summed E-state index contributed by atoms with van der Waals surface area (Å²) in [6.45, 7) is 2.26. The van der Waals surface area contributed by atoms with E-state index in [1.807, 2.05) is 0 Å². The van der Waals surface area contributed by atoms with Crippen LogP contribution in [-0.2, 0) is 0 Å². The van der Waals surface area contributed by atoms with E-state index in [-0.39, 0.29) is 0 Å². The first-order valence-corrected chi connectivity index (χ1v) is 6.60. The molecule has 0 aromatic carbocycles. The number of hydrogen-bond acceptors (Lipinski definition) is 0. The van der Waals surface area contributed by atoms with E-state index in [9.17, 15) is 0 Å². The molecule has 1 heteroatoms. The van der Waals surface area contributed by atoms with E-state index < -0.39 is 0 Å². The van der Waals surface area contributed by atoms with Crippen LogP contribution in [0.3, 0.4) is 0 Å². The Bertz CT molecular complexity index is 172. The highest BCUT2D eigenvalue weighted by Gasteiger charge is 2.08. The summed E-state index contributed by atoms with van der Waals surface area (Å²) in [5.74, 6) is 0. The smallest absolute Gasteiger partial charge is 0.0518 e. The quantitative estimate of drug-likeness (QED) is 0.341. The van der Waals surface area contributed by atoms with Crippen LogP contribution in [0.4, 0.5) is 0 Å². The molecule has 0 amide bonds. The molecule has 1 unspecified atom stereocenters. The van der Waals surface area contributed by atoms with Crippen molar-refractivity contribution in [1.82, 2.24) is 0 Å². The van der Waals surface area contributed by atoms with Crippen molar-refractivity contribution in [2.24, 2.45) is 0 Å². The van der Waals surface area contributed by atoms with Crippen LogP contribution in [0.2, 0.25) is 0 Å². The number of allylic oxidation sites excluding steroid dienone is 2. The fourth-order valence-corrected chi connectivity index (χ4v) is 2.43. The lowest BCUT2D eigenvalue weighted by molar-refractivity contribution is 0.645. The van der Waals surface area contributed by atoms with Gasteiger partial charge in [-0.1, -0.05) is 44.3 Å². The maximum Gasteiger partial charge on any atom is 0.0518 e. The molecule has 0 N–H and O–H groups in total. The highest BCUT2D eigenvalue weighted by Crippen LogP contribution is 2.24. The third kappa shape index (κ3) is 5.05. The van der Waals surface area contributed by atoms with Crippen molar-refractivity contribution in [3.8, 4) is 0 Å². The molecule has 0 spiro atoms. The summed E-state index contributed by atoms with van der Waals surface area (Å²) in [6.07, 6.45) is 14.2. The monoisotopic (exact) mass is 214 g/mol. The molecule has 0 nitrogen and oxygen atoms in total. The molecule has 14 heavy (non-hydrogen) atoms. The van der Waals surface area contributed by atoms with Crippen LogP contribution in [-0.4, -0.2) is 5.38 Å². The summed E-state index contributed by atoms with van der Waals surface area (Å²) in [7, 11) is 0. The first-order chi connectivity index (χ1) is 6.83. The molecular formula is C13H23Cl. The second-order valence-electron chi connectivity index (χ2n) is 4.40. The van der Waals surface area contributed by atoms with Gasteiger partial charge in [0.25, 0.3) is 0 Å². The summed E-state index contributed by atoms with van der Waals surface area (Å²) < 4.78 is 0. The van der Waals surface area contributed by atoms with Gasteiger partial charge in [-0.05, 0) is 32.1 Å². The van der Waals surface area contributed by atoms with Crippen LogP contribution in [0.15, 0.2) is 11.6 Å². The average molecular weight is 215 g/mol. The Labute approximate surface area is 93.7 Å². The van der Waals surface area contributed by atoms with Crippen molar-refractivity contribution in [2.75, 3.05) is 0 Å². The van der Waals surface area contributed by atoms with Crippen LogP contribution in [0.1, 0.15) is 64.7 Å². The third-order valence-corrected chi connectivity index (χ3v) is 3.34. The molecule has 1 atom stereocenters. The second-order valence-corrected chi connectivity index (χ2v) is 4.96. The minimum Gasteiger partial charge on any atom is -0.118 e. The number of rotatable bonds is 5. The average Bonchev–Trinajstić information content (AvgIpc) is 2.38. The Morgan fingerprint density at radius 2 is 2.14 bits per heavy atom. The summed E-state index contributed by atoms with van der Waals surface area (Å²) in [4.78, 5) is 0. The van der Waals surface area contributed by atoms with Gasteiger partial charge < -0.3 is 0 Å². The highest BCUT2D eigenvalue weighted by molar-refractivity contribution is 6.21. The molecule has 0 aliphatic heterocycles. The first kappa shape index (κ1) is 12.1. The van der Waals surface area contributed by atoms with Gasteiger partial charge in [0, 0.05) is 0 Å². The molecule has 1 rings (SSSR count). The molecule has 1 aliphatic rings. The molecular weight excluding hydrogens is 192 g/mol. The fourth-order valence-electron chi connectivity index (χ4n) is 2.10. The van der Waals surface area contributed by atoms with Gasteiger partial charge in [-0.2, -0.15) is 0 Å². The Morgan fingerprint density at radius 3 is 2.93 bits per heavy atom. The van der Waals surface area contributed by atoms with E-state index in [0.29, 0.717) is 5.38 Å². The fraction of sp³-hybridized carbons (Fsp3) is 0.846. The van der Waals surface area contributed by atoms with Crippen molar-refractivity contribution in [2.45, 2.75) is 70.1 Å². The number of hydrogen-bond donors (Lipinski definition) is 0. The summed E-state index contributed by atoms with van der Waals surface area (Å²) >= 11 is 6.18. The van der Waals surface area contributed by atoms with Crippen LogP contribution in [0, 0.1) is 0 Å². The van der Waals surface area contributed by atoms with Gasteiger partial charge in [0.05, 0.1) is 5.38 Å². The number of unbranched alkanes of at least 4 members (excludes halogenated alkanes) is 3. The van der Waals surface area contributed by atoms with Crippen LogP contribution < -0.4 is 0 Å². The Hall–Kier alpha value is 0.0300. The molecule has 0 aromatic heterocycles. The van der Waals surface area contributed by atoms with Crippen molar-refractivity contribution in [3.63, 3.8) is 0 Å². The number of alkyl halides is 1. The standard InChI is InChI=1S/C13H23Cl/c1-2-3-4-5-8-12-9-6-7-10-13(14)11-12/h11,13H,2-10H2,1H3. The molecule has 1 aliphatic carbocycles. The lowest BCUT2D eigenvalue weighted by Gasteiger charge is -2.05. The molecule has 0 saturated carbocycles. The van der Waals surface area contributed by atoms with E-state index in [0.717, 1.165) is 0 Å². The molecule has 0 heterocycles. The Kier molecular flexibility index (Phi) is 6.34. The largest absolute Gasteiger partial charge is 0.118 e. The predicted octanol–water partition coefficient (Wildman–Crippen LogP) is 5.06. The zero-order chi connectivity index (χ0) is 10.2. The van der Waals surface area contributed by atoms with Gasteiger partial charge in [-0.3, -0.25) is 0 Å². The van der Waals surface area contributed by atoms with Gasteiger partial charge in [0.2, 0.25) is 0 Å². The normalized spacial score (nSPS) is 23.0. The number of halogens is 1. The van der Waals surface area contributed by atoms with Crippen molar-refractivity contribution < 1.29 is 0 Å². The molecule has 0 bridgehead atoms. The topological polar surface area (TPSA) is 0 Å². The molecule has 0 aromatic rings. The van der Waals surface area contributed by atoms with Gasteiger partial charge in [0.15, 0.2) is 0 Å². The lowest BCUT2D eigenvalue weighted by atomic mass is 10.0. The minimum atomic E-state index is 0.318. The Balaban J connectivity index is 2.20. The molecule has 0 saturated heterocycles. The van der Waals surface area contributed by atoms with Crippen molar-refractivity contribution in [3.05, 3.63) is 11.6 Å². The molecule has 0 radical (unpaired) electrons. The van der Waals surface area contributed by atoms with Crippen molar-refractivity contribution >= 4 is 11.6 Å². The molecule has 0 fully saturated rings. The van der Waals surface area contributed by atoms with Crippen LogP contribution >= 0.6 is 11.6 Å². The van der Waals surface area contributed by atoms with E-state index in [1.165, 1.54) is 57.8 Å². The van der Waals surface area contributed by atoms with Gasteiger partial charge in [0.1, 0.15) is 0 Å². The predicted molar refractivity (Wildman–Crippen MR) is 65.0 cm³/mol. The van der Waals surface area contributed by atoms with Crippen molar-refractivity contribution in [1.29, 1.82) is 0 Å². The summed E-state index contributed by atoms with van der Waals surface area (Å²) in [5, 5.41) is 0.318.